The lowest BCUT2D eigenvalue weighted by Crippen LogP contribution is -1.96. The predicted molar refractivity (Wildman–Crippen MR) is 79.6 cm³/mol. The maximum absolute atomic E-state index is 5.76. The molecule has 0 spiro atoms. The summed E-state index contributed by atoms with van der Waals surface area (Å²) in [5.41, 5.74) is 7.78. The molecule has 3 aromatic rings. The van der Waals surface area contributed by atoms with Crippen LogP contribution in [0.1, 0.15) is 5.69 Å². The number of hydrogen-bond donors (Lipinski definition) is 1. The Morgan fingerprint density at radius 2 is 1.85 bits per heavy atom. The van der Waals surface area contributed by atoms with Crippen molar-refractivity contribution in [3.05, 3.63) is 60.7 Å². The molecular formula is C14H13N5S. The molecule has 0 aliphatic heterocycles. The second-order valence-electron chi connectivity index (χ2n) is 4.12. The number of nitrogen functional groups attached to an aromatic ring is 1. The van der Waals surface area contributed by atoms with Gasteiger partial charge in [0.15, 0.2) is 5.82 Å². The fourth-order valence-electron chi connectivity index (χ4n) is 1.75. The summed E-state index contributed by atoms with van der Waals surface area (Å²) in [7, 11) is 0. The fraction of sp³-hybridized carbons (Fsp3) is 0.0714. The van der Waals surface area contributed by atoms with Gasteiger partial charge in [-0.25, -0.2) is 14.6 Å². The van der Waals surface area contributed by atoms with Crippen molar-refractivity contribution in [2.45, 2.75) is 10.8 Å². The van der Waals surface area contributed by atoms with Crippen LogP contribution >= 0.6 is 11.8 Å². The normalized spacial score (nSPS) is 10.6. The Morgan fingerprint density at radius 1 is 1.05 bits per heavy atom. The molecule has 0 unspecified atom stereocenters. The third-order valence-corrected chi connectivity index (χ3v) is 3.74. The Hall–Kier alpha value is -2.34. The van der Waals surface area contributed by atoms with E-state index in [0.29, 0.717) is 11.6 Å². The lowest BCUT2D eigenvalue weighted by Gasteiger charge is -2.01. The number of thioether (sulfide) groups is 1. The first-order chi connectivity index (χ1) is 9.83. The highest BCUT2D eigenvalue weighted by Gasteiger charge is 2.05. The van der Waals surface area contributed by atoms with E-state index in [1.54, 1.807) is 12.4 Å². The number of benzene rings is 1. The number of para-hydroxylation sites is 1. The molecule has 2 N–H and O–H groups in total. The van der Waals surface area contributed by atoms with Gasteiger partial charge in [0.1, 0.15) is 5.03 Å². The highest BCUT2D eigenvalue weighted by molar-refractivity contribution is 7.98. The van der Waals surface area contributed by atoms with Gasteiger partial charge in [-0.05, 0) is 18.2 Å². The molecule has 0 amide bonds. The van der Waals surface area contributed by atoms with Crippen molar-refractivity contribution < 1.29 is 0 Å². The topological polar surface area (TPSA) is 69.6 Å². The standard InChI is InChI=1S/C14H13N5S/c15-13-14(17-8-7-16-13)20-10-11-6-9-19(18-11)12-4-2-1-3-5-12/h1-9H,10H2,(H2,15,16). The van der Waals surface area contributed by atoms with Gasteiger partial charge in [-0.15, -0.1) is 0 Å². The van der Waals surface area contributed by atoms with Crippen LogP contribution in [0.5, 0.6) is 0 Å². The van der Waals surface area contributed by atoms with Gasteiger partial charge in [-0.2, -0.15) is 5.10 Å². The van der Waals surface area contributed by atoms with E-state index in [4.69, 9.17) is 5.73 Å². The first-order valence-corrected chi connectivity index (χ1v) is 7.11. The van der Waals surface area contributed by atoms with Gasteiger partial charge in [-0.3, -0.25) is 0 Å². The molecule has 0 aliphatic rings. The molecular weight excluding hydrogens is 270 g/mol. The Morgan fingerprint density at radius 3 is 2.65 bits per heavy atom. The first-order valence-electron chi connectivity index (χ1n) is 6.12. The van der Waals surface area contributed by atoms with Crippen molar-refractivity contribution in [1.82, 2.24) is 19.7 Å². The van der Waals surface area contributed by atoms with Gasteiger partial charge >= 0.3 is 0 Å². The molecule has 0 fully saturated rings. The average molecular weight is 283 g/mol. The zero-order valence-corrected chi connectivity index (χ0v) is 11.5. The smallest absolute Gasteiger partial charge is 0.156 e. The molecule has 0 saturated carbocycles. The number of anilines is 1. The number of nitrogens with two attached hydrogens (primary N) is 1. The molecule has 0 aliphatic carbocycles. The highest BCUT2D eigenvalue weighted by Crippen LogP contribution is 2.23. The minimum absolute atomic E-state index is 0.458. The van der Waals surface area contributed by atoms with Gasteiger partial charge in [0.2, 0.25) is 0 Å². The first kappa shape index (κ1) is 12.7. The summed E-state index contributed by atoms with van der Waals surface area (Å²) >= 11 is 1.53. The Balaban J connectivity index is 1.71. The van der Waals surface area contributed by atoms with Crippen LogP contribution in [0.3, 0.4) is 0 Å². The Kier molecular flexibility index (Phi) is 3.64. The number of aromatic nitrogens is 4. The Labute approximate surface area is 120 Å². The average Bonchev–Trinajstić information content (AvgIpc) is 2.96. The summed E-state index contributed by atoms with van der Waals surface area (Å²) in [6.07, 6.45) is 5.18. The minimum atomic E-state index is 0.458. The maximum atomic E-state index is 5.76. The van der Waals surface area contributed by atoms with Crippen LogP contribution in [0, 0.1) is 0 Å². The van der Waals surface area contributed by atoms with Gasteiger partial charge in [0.05, 0.1) is 11.4 Å². The van der Waals surface area contributed by atoms with Gasteiger partial charge in [0.25, 0.3) is 0 Å². The van der Waals surface area contributed by atoms with Crippen LogP contribution in [-0.4, -0.2) is 19.7 Å². The largest absolute Gasteiger partial charge is 0.381 e. The Bertz CT molecular complexity index is 696. The SMILES string of the molecule is Nc1nccnc1SCc1ccn(-c2ccccc2)n1. The number of hydrogen-bond acceptors (Lipinski definition) is 5. The van der Waals surface area contributed by atoms with E-state index in [9.17, 15) is 0 Å². The zero-order chi connectivity index (χ0) is 13.8. The van der Waals surface area contributed by atoms with Crippen molar-refractivity contribution in [3.8, 4) is 5.69 Å². The summed E-state index contributed by atoms with van der Waals surface area (Å²) in [4.78, 5) is 8.21. The third-order valence-electron chi connectivity index (χ3n) is 2.71. The maximum Gasteiger partial charge on any atom is 0.156 e. The molecule has 0 atom stereocenters. The molecule has 2 aromatic heterocycles. The lowest BCUT2D eigenvalue weighted by molar-refractivity contribution is 0.859. The van der Waals surface area contributed by atoms with Crippen molar-refractivity contribution in [1.29, 1.82) is 0 Å². The molecule has 1 aromatic carbocycles. The van der Waals surface area contributed by atoms with E-state index in [1.165, 1.54) is 11.8 Å². The van der Waals surface area contributed by atoms with E-state index >= 15 is 0 Å². The van der Waals surface area contributed by atoms with Crippen LogP contribution in [0.4, 0.5) is 5.82 Å². The van der Waals surface area contributed by atoms with Gasteiger partial charge < -0.3 is 5.73 Å². The third kappa shape index (κ3) is 2.80. The van der Waals surface area contributed by atoms with E-state index < -0.39 is 0 Å². The second-order valence-corrected chi connectivity index (χ2v) is 5.09. The molecule has 6 heteroatoms. The monoisotopic (exact) mass is 283 g/mol. The van der Waals surface area contributed by atoms with Crippen molar-refractivity contribution >= 4 is 17.6 Å². The number of nitrogens with zero attached hydrogens (tertiary/aromatic N) is 4. The van der Waals surface area contributed by atoms with Crippen LogP contribution in [0.2, 0.25) is 0 Å². The molecule has 100 valence electrons. The summed E-state index contributed by atoms with van der Waals surface area (Å²) in [6.45, 7) is 0. The minimum Gasteiger partial charge on any atom is -0.381 e. The van der Waals surface area contributed by atoms with E-state index in [2.05, 4.69) is 15.1 Å². The summed E-state index contributed by atoms with van der Waals surface area (Å²) < 4.78 is 1.86. The van der Waals surface area contributed by atoms with E-state index in [0.717, 1.165) is 16.4 Å². The number of rotatable bonds is 4. The second kappa shape index (κ2) is 5.75. The fourth-order valence-corrected chi connectivity index (χ4v) is 2.53. The van der Waals surface area contributed by atoms with E-state index in [1.807, 2.05) is 47.3 Å². The van der Waals surface area contributed by atoms with E-state index in [-0.39, 0.29) is 0 Å². The summed E-state index contributed by atoms with van der Waals surface area (Å²) in [5.74, 6) is 1.17. The van der Waals surface area contributed by atoms with Gasteiger partial charge in [-0.1, -0.05) is 30.0 Å². The lowest BCUT2D eigenvalue weighted by atomic mass is 10.3. The molecule has 0 bridgehead atoms. The van der Waals surface area contributed by atoms with Crippen LogP contribution in [0.15, 0.2) is 60.0 Å². The molecule has 20 heavy (non-hydrogen) atoms. The molecule has 2 heterocycles. The summed E-state index contributed by atoms with van der Waals surface area (Å²) in [5, 5.41) is 5.27. The van der Waals surface area contributed by atoms with Crippen LogP contribution in [-0.2, 0) is 5.75 Å². The van der Waals surface area contributed by atoms with Crippen LogP contribution < -0.4 is 5.73 Å². The zero-order valence-electron chi connectivity index (χ0n) is 10.7. The molecule has 3 rings (SSSR count). The molecule has 0 saturated heterocycles. The molecule has 0 radical (unpaired) electrons. The van der Waals surface area contributed by atoms with Crippen LogP contribution in [0.25, 0.3) is 5.69 Å². The predicted octanol–water partition coefficient (Wildman–Crippen LogP) is 2.54. The van der Waals surface area contributed by atoms with Gasteiger partial charge in [0, 0.05) is 24.3 Å². The summed E-state index contributed by atoms with van der Waals surface area (Å²) in [6, 6.07) is 12.0. The van der Waals surface area contributed by atoms with Crippen molar-refractivity contribution in [3.63, 3.8) is 0 Å². The van der Waals surface area contributed by atoms with Crippen molar-refractivity contribution in [2.75, 3.05) is 5.73 Å². The highest BCUT2D eigenvalue weighted by atomic mass is 32.2. The quantitative estimate of drug-likeness (QED) is 0.745. The van der Waals surface area contributed by atoms with Crippen molar-refractivity contribution in [2.24, 2.45) is 0 Å². The molecule has 5 nitrogen and oxygen atoms in total.